The third kappa shape index (κ3) is 2.67. The number of nitrogens with zero attached hydrogens (tertiary/aromatic N) is 2. The molecule has 12 heavy (non-hydrogen) atoms. The summed E-state index contributed by atoms with van der Waals surface area (Å²) in [4.78, 5) is 0. The van der Waals surface area contributed by atoms with Crippen LogP contribution in [0.4, 0.5) is 8.78 Å². The molecule has 1 aromatic rings. The SMILES string of the molecule is NCC(F)(F)Cn1cc(I)cn1. The van der Waals surface area contributed by atoms with E-state index in [4.69, 9.17) is 5.73 Å². The first-order chi connectivity index (χ1) is 5.53. The standard InChI is InChI=1S/C6H8F2IN3/c7-6(8,3-10)4-12-2-5(9)1-11-12/h1-2H,3-4,10H2. The molecule has 0 radical (unpaired) electrons. The van der Waals surface area contributed by atoms with Gasteiger partial charge in [-0.05, 0) is 22.6 Å². The molecule has 1 rings (SSSR count). The van der Waals surface area contributed by atoms with Gasteiger partial charge in [-0.25, -0.2) is 8.78 Å². The molecule has 0 aromatic carbocycles. The van der Waals surface area contributed by atoms with Crippen LogP contribution in [0.1, 0.15) is 0 Å². The minimum Gasteiger partial charge on any atom is -0.325 e. The molecular formula is C6H8F2IN3. The number of hydrogen-bond donors (Lipinski definition) is 1. The molecule has 0 aliphatic carbocycles. The monoisotopic (exact) mass is 287 g/mol. The fourth-order valence-electron chi connectivity index (χ4n) is 0.726. The first kappa shape index (κ1) is 9.85. The highest BCUT2D eigenvalue weighted by Crippen LogP contribution is 2.14. The Morgan fingerprint density at radius 3 is 2.75 bits per heavy atom. The number of alkyl halides is 2. The summed E-state index contributed by atoms with van der Waals surface area (Å²) in [5, 5.41) is 3.72. The van der Waals surface area contributed by atoms with Gasteiger partial charge in [0.05, 0.1) is 16.3 Å². The van der Waals surface area contributed by atoms with Crippen molar-refractivity contribution in [3.05, 3.63) is 16.0 Å². The minimum absolute atomic E-state index is 0.452. The molecule has 1 aromatic heterocycles. The van der Waals surface area contributed by atoms with Crippen molar-refractivity contribution < 1.29 is 8.78 Å². The fraction of sp³-hybridized carbons (Fsp3) is 0.500. The van der Waals surface area contributed by atoms with E-state index in [1.54, 1.807) is 6.20 Å². The Labute approximate surface area is 82.1 Å². The molecule has 0 unspecified atom stereocenters. The fourth-order valence-corrected chi connectivity index (χ4v) is 1.17. The largest absolute Gasteiger partial charge is 0.325 e. The van der Waals surface area contributed by atoms with E-state index in [2.05, 4.69) is 5.10 Å². The van der Waals surface area contributed by atoms with Gasteiger partial charge in [-0.2, -0.15) is 5.10 Å². The van der Waals surface area contributed by atoms with Crippen molar-refractivity contribution >= 4 is 22.6 Å². The summed E-state index contributed by atoms with van der Waals surface area (Å²) in [5.74, 6) is -2.87. The Bertz CT molecular complexity index is 261. The highest BCUT2D eigenvalue weighted by atomic mass is 127. The Balaban J connectivity index is 2.63. The van der Waals surface area contributed by atoms with E-state index in [9.17, 15) is 8.78 Å². The molecular weight excluding hydrogens is 279 g/mol. The lowest BCUT2D eigenvalue weighted by molar-refractivity contribution is -0.00980. The summed E-state index contributed by atoms with van der Waals surface area (Å²) in [6.07, 6.45) is 3.07. The van der Waals surface area contributed by atoms with Crippen molar-refractivity contribution in [1.82, 2.24) is 9.78 Å². The average Bonchev–Trinajstić information content (AvgIpc) is 2.35. The van der Waals surface area contributed by atoms with Crippen LogP contribution in [0.25, 0.3) is 0 Å². The minimum atomic E-state index is -2.87. The zero-order chi connectivity index (χ0) is 9.19. The van der Waals surface area contributed by atoms with Crippen LogP contribution < -0.4 is 5.73 Å². The van der Waals surface area contributed by atoms with Gasteiger partial charge in [0.25, 0.3) is 5.92 Å². The Morgan fingerprint density at radius 2 is 2.33 bits per heavy atom. The van der Waals surface area contributed by atoms with E-state index in [-0.39, 0.29) is 0 Å². The van der Waals surface area contributed by atoms with E-state index in [0.29, 0.717) is 0 Å². The second-order valence-electron chi connectivity index (χ2n) is 2.42. The number of aromatic nitrogens is 2. The van der Waals surface area contributed by atoms with E-state index in [1.165, 1.54) is 10.9 Å². The summed E-state index contributed by atoms with van der Waals surface area (Å²) >= 11 is 2.00. The summed E-state index contributed by atoms with van der Waals surface area (Å²) < 4.78 is 27.3. The zero-order valence-electron chi connectivity index (χ0n) is 6.17. The lowest BCUT2D eigenvalue weighted by atomic mass is 10.3. The van der Waals surface area contributed by atoms with E-state index >= 15 is 0 Å². The highest BCUT2D eigenvalue weighted by molar-refractivity contribution is 14.1. The maximum absolute atomic E-state index is 12.7. The quantitative estimate of drug-likeness (QED) is 0.845. The van der Waals surface area contributed by atoms with Crippen molar-refractivity contribution in [1.29, 1.82) is 0 Å². The second-order valence-corrected chi connectivity index (χ2v) is 3.66. The summed E-state index contributed by atoms with van der Waals surface area (Å²) in [6, 6.07) is 0. The number of rotatable bonds is 3. The molecule has 6 heteroatoms. The van der Waals surface area contributed by atoms with Crippen molar-refractivity contribution in [3.8, 4) is 0 Å². The summed E-state index contributed by atoms with van der Waals surface area (Å²) in [6.45, 7) is -1.10. The Morgan fingerprint density at radius 1 is 1.67 bits per heavy atom. The van der Waals surface area contributed by atoms with Gasteiger partial charge in [-0.3, -0.25) is 4.68 Å². The lowest BCUT2D eigenvalue weighted by Gasteiger charge is -2.12. The maximum Gasteiger partial charge on any atom is 0.279 e. The van der Waals surface area contributed by atoms with Crippen LogP contribution in [0.2, 0.25) is 0 Å². The van der Waals surface area contributed by atoms with Gasteiger partial charge in [0, 0.05) is 6.20 Å². The Hall–Kier alpha value is -0.240. The van der Waals surface area contributed by atoms with Crippen LogP contribution in [0.5, 0.6) is 0 Å². The van der Waals surface area contributed by atoms with Crippen LogP contribution in [-0.4, -0.2) is 22.2 Å². The maximum atomic E-state index is 12.7. The van der Waals surface area contributed by atoms with Crippen LogP contribution in [-0.2, 0) is 6.54 Å². The van der Waals surface area contributed by atoms with E-state index < -0.39 is 19.0 Å². The van der Waals surface area contributed by atoms with Crippen LogP contribution in [0.3, 0.4) is 0 Å². The van der Waals surface area contributed by atoms with Crippen molar-refractivity contribution in [2.75, 3.05) is 6.54 Å². The predicted molar refractivity (Wildman–Crippen MR) is 48.9 cm³/mol. The zero-order valence-corrected chi connectivity index (χ0v) is 8.33. The van der Waals surface area contributed by atoms with Gasteiger partial charge in [-0.1, -0.05) is 0 Å². The molecule has 1 heterocycles. The number of hydrogen-bond acceptors (Lipinski definition) is 2. The number of nitrogens with two attached hydrogens (primary N) is 1. The van der Waals surface area contributed by atoms with Crippen LogP contribution >= 0.6 is 22.6 Å². The first-order valence-electron chi connectivity index (χ1n) is 3.29. The molecule has 0 saturated heterocycles. The lowest BCUT2D eigenvalue weighted by Crippen LogP contribution is -2.32. The number of halogens is 3. The third-order valence-electron chi connectivity index (χ3n) is 1.29. The van der Waals surface area contributed by atoms with Crippen LogP contribution in [0, 0.1) is 3.57 Å². The molecule has 0 aliphatic heterocycles. The first-order valence-corrected chi connectivity index (χ1v) is 4.37. The molecule has 2 N–H and O–H groups in total. The van der Waals surface area contributed by atoms with Crippen LogP contribution in [0.15, 0.2) is 12.4 Å². The summed E-state index contributed by atoms with van der Waals surface area (Å²) in [5.41, 5.74) is 4.87. The molecule has 0 aliphatic rings. The topological polar surface area (TPSA) is 43.8 Å². The summed E-state index contributed by atoms with van der Waals surface area (Å²) in [7, 11) is 0. The normalized spacial score (nSPS) is 12.0. The molecule has 0 fully saturated rings. The molecule has 3 nitrogen and oxygen atoms in total. The predicted octanol–water partition coefficient (Wildman–Crippen LogP) is 1.08. The van der Waals surface area contributed by atoms with E-state index in [1.807, 2.05) is 22.6 Å². The van der Waals surface area contributed by atoms with Gasteiger partial charge in [0.15, 0.2) is 0 Å². The van der Waals surface area contributed by atoms with Gasteiger partial charge < -0.3 is 5.73 Å². The molecule has 0 amide bonds. The highest BCUT2D eigenvalue weighted by Gasteiger charge is 2.27. The van der Waals surface area contributed by atoms with Gasteiger partial charge in [0.1, 0.15) is 6.54 Å². The van der Waals surface area contributed by atoms with Crippen molar-refractivity contribution in [2.45, 2.75) is 12.5 Å². The van der Waals surface area contributed by atoms with Crippen molar-refractivity contribution in [3.63, 3.8) is 0 Å². The van der Waals surface area contributed by atoms with Crippen molar-refractivity contribution in [2.24, 2.45) is 5.73 Å². The van der Waals surface area contributed by atoms with E-state index in [0.717, 1.165) is 3.57 Å². The smallest absolute Gasteiger partial charge is 0.279 e. The van der Waals surface area contributed by atoms with Gasteiger partial charge in [-0.15, -0.1) is 0 Å². The third-order valence-corrected chi connectivity index (χ3v) is 1.85. The molecule has 0 atom stereocenters. The molecule has 0 spiro atoms. The molecule has 0 bridgehead atoms. The molecule has 68 valence electrons. The molecule has 0 saturated carbocycles. The average molecular weight is 287 g/mol. The second kappa shape index (κ2) is 3.65. The van der Waals surface area contributed by atoms with Gasteiger partial charge >= 0.3 is 0 Å². The van der Waals surface area contributed by atoms with Gasteiger partial charge in [0.2, 0.25) is 0 Å². The Kier molecular flexibility index (Phi) is 2.99.